The Morgan fingerprint density at radius 1 is 1.39 bits per heavy atom. The van der Waals surface area contributed by atoms with Crippen molar-refractivity contribution in [2.75, 3.05) is 18.0 Å². The number of benzene rings is 1. The zero-order valence-corrected chi connectivity index (χ0v) is 13.4. The molecule has 2 aliphatic rings. The van der Waals surface area contributed by atoms with Crippen LogP contribution < -0.4 is 15.0 Å². The highest BCUT2D eigenvalue weighted by atomic mass is 19.3. The first-order chi connectivity index (χ1) is 10.9. The molecule has 0 aromatic heterocycles. The molecule has 126 valence electrons. The number of ether oxygens (including phenoxy) is 1. The lowest BCUT2D eigenvalue weighted by molar-refractivity contribution is -0.123. The maximum absolute atomic E-state index is 12.5. The van der Waals surface area contributed by atoms with Crippen LogP contribution in [0.25, 0.3) is 0 Å². The van der Waals surface area contributed by atoms with E-state index in [4.69, 9.17) is 0 Å². The van der Waals surface area contributed by atoms with Gasteiger partial charge in [0.1, 0.15) is 5.75 Å². The molecule has 1 N–H and O–H groups in total. The number of carbonyl (C=O) groups is 1. The van der Waals surface area contributed by atoms with Gasteiger partial charge in [-0.25, -0.2) is 0 Å². The topological polar surface area (TPSA) is 41.6 Å². The lowest BCUT2D eigenvalue weighted by Gasteiger charge is -2.22. The predicted octanol–water partition coefficient (Wildman–Crippen LogP) is 3.03. The van der Waals surface area contributed by atoms with Gasteiger partial charge in [-0.3, -0.25) is 4.79 Å². The summed E-state index contributed by atoms with van der Waals surface area (Å²) in [4.78, 5) is 14.2. The maximum Gasteiger partial charge on any atom is 0.387 e. The molecule has 0 unspecified atom stereocenters. The van der Waals surface area contributed by atoms with Gasteiger partial charge in [0.25, 0.3) is 0 Å². The third-order valence-electron chi connectivity index (χ3n) is 4.79. The monoisotopic (exact) mass is 324 g/mol. The zero-order valence-electron chi connectivity index (χ0n) is 13.4. The molecule has 2 atom stereocenters. The van der Waals surface area contributed by atoms with Crippen LogP contribution in [-0.2, 0) is 4.79 Å². The molecule has 0 spiro atoms. The average Bonchev–Trinajstić information content (AvgIpc) is 2.91. The van der Waals surface area contributed by atoms with E-state index in [0.717, 1.165) is 12.8 Å². The Balaban J connectivity index is 1.61. The van der Waals surface area contributed by atoms with E-state index in [2.05, 4.69) is 23.9 Å². The number of hydrogen-bond acceptors (Lipinski definition) is 3. The molecule has 1 saturated carbocycles. The molecule has 0 bridgehead atoms. The van der Waals surface area contributed by atoms with Crippen LogP contribution in [-0.4, -0.2) is 31.7 Å². The molecular weight excluding hydrogens is 302 g/mol. The van der Waals surface area contributed by atoms with E-state index in [1.165, 1.54) is 0 Å². The van der Waals surface area contributed by atoms with Gasteiger partial charge < -0.3 is 15.0 Å². The third kappa shape index (κ3) is 3.57. The minimum absolute atomic E-state index is 0.0542. The Kier molecular flexibility index (Phi) is 4.17. The lowest BCUT2D eigenvalue weighted by Crippen LogP contribution is -2.38. The van der Waals surface area contributed by atoms with Crippen molar-refractivity contribution in [1.29, 1.82) is 0 Å². The molecule has 1 aliphatic heterocycles. The zero-order chi connectivity index (χ0) is 16.6. The minimum Gasteiger partial charge on any atom is -0.433 e. The molecule has 1 amide bonds. The fraction of sp³-hybridized carbons (Fsp3) is 0.588. The summed E-state index contributed by atoms with van der Waals surface area (Å²) < 4.78 is 29.6. The van der Waals surface area contributed by atoms with Crippen LogP contribution in [0.1, 0.15) is 26.7 Å². The molecule has 1 aromatic carbocycles. The lowest BCUT2D eigenvalue weighted by atomic mass is 10.1. The number of nitrogens with zero attached hydrogens (tertiary/aromatic N) is 1. The number of alkyl halides is 2. The van der Waals surface area contributed by atoms with Crippen molar-refractivity contribution in [3.8, 4) is 5.75 Å². The number of para-hydroxylation sites is 2. The standard InChI is InChI=1S/C17H22F2N2O2/c1-17(2)9-12(17)15(22)20-11-7-8-21(10-11)13-5-3-4-6-14(13)23-16(18)19/h3-6,11-12,16H,7-10H2,1-2H3,(H,20,22)/t11-,12-/m0/s1. The van der Waals surface area contributed by atoms with Crippen LogP contribution in [0, 0.1) is 11.3 Å². The highest BCUT2D eigenvalue weighted by molar-refractivity contribution is 5.82. The van der Waals surface area contributed by atoms with Crippen molar-refractivity contribution >= 4 is 11.6 Å². The number of halogens is 2. The van der Waals surface area contributed by atoms with Crippen LogP contribution in [0.4, 0.5) is 14.5 Å². The van der Waals surface area contributed by atoms with Gasteiger partial charge in [0.2, 0.25) is 5.91 Å². The van der Waals surface area contributed by atoms with Gasteiger partial charge in [-0.2, -0.15) is 8.78 Å². The van der Waals surface area contributed by atoms with Crippen LogP contribution in [0.2, 0.25) is 0 Å². The fourth-order valence-electron chi connectivity index (χ4n) is 3.23. The van der Waals surface area contributed by atoms with Crippen molar-refractivity contribution in [2.24, 2.45) is 11.3 Å². The molecular formula is C17H22F2N2O2. The van der Waals surface area contributed by atoms with E-state index in [-0.39, 0.29) is 29.0 Å². The van der Waals surface area contributed by atoms with Crippen LogP contribution in [0.5, 0.6) is 5.75 Å². The van der Waals surface area contributed by atoms with Gasteiger partial charge in [-0.1, -0.05) is 26.0 Å². The number of carbonyl (C=O) groups excluding carboxylic acids is 1. The van der Waals surface area contributed by atoms with Crippen molar-refractivity contribution < 1.29 is 18.3 Å². The second kappa shape index (κ2) is 5.98. The van der Waals surface area contributed by atoms with Gasteiger partial charge in [-0.15, -0.1) is 0 Å². The number of hydrogen-bond donors (Lipinski definition) is 1. The van der Waals surface area contributed by atoms with Crippen LogP contribution >= 0.6 is 0 Å². The number of amides is 1. The smallest absolute Gasteiger partial charge is 0.387 e. The summed E-state index contributed by atoms with van der Waals surface area (Å²) in [5.74, 6) is 0.391. The first-order valence-corrected chi connectivity index (χ1v) is 7.96. The van der Waals surface area contributed by atoms with E-state index in [1.807, 2.05) is 4.90 Å². The Morgan fingerprint density at radius 3 is 2.74 bits per heavy atom. The Bertz CT molecular complexity index is 592. The minimum atomic E-state index is -2.84. The highest BCUT2D eigenvalue weighted by Crippen LogP contribution is 2.51. The summed E-state index contributed by atoms with van der Waals surface area (Å²) in [6.45, 7) is 2.67. The second-order valence-electron chi connectivity index (χ2n) is 7.03. The number of rotatable bonds is 5. The van der Waals surface area contributed by atoms with Gasteiger partial charge in [0.05, 0.1) is 5.69 Å². The van der Waals surface area contributed by atoms with Gasteiger partial charge in [-0.05, 0) is 30.4 Å². The van der Waals surface area contributed by atoms with E-state index >= 15 is 0 Å². The largest absolute Gasteiger partial charge is 0.433 e. The predicted molar refractivity (Wildman–Crippen MR) is 83.7 cm³/mol. The quantitative estimate of drug-likeness (QED) is 0.905. The van der Waals surface area contributed by atoms with E-state index in [1.54, 1.807) is 24.3 Å². The molecule has 1 saturated heterocycles. The van der Waals surface area contributed by atoms with Gasteiger partial charge in [0, 0.05) is 25.0 Å². The SMILES string of the molecule is CC1(C)C[C@H]1C(=O)N[C@H]1CCN(c2ccccc2OC(F)F)C1. The Hall–Kier alpha value is -1.85. The molecule has 3 rings (SSSR count). The average molecular weight is 324 g/mol. The van der Waals surface area contributed by atoms with Gasteiger partial charge in [0.15, 0.2) is 0 Å². The molecule has 6 heteroatoms. The highest BCUT2D eigenvalue weighted by Gasteiger charge is 2.51. The van der Waals surface area contributed by atoms with E-state index < -0.39 is 6.61 Å². The van der Waals surface area contributed by atoms with Gasteiger partial charge >= 0.3 is 6.61 Å². The number of anilines is 1. The molecule has 4 nitrogen and oxygen atoms in total. The van der Waals surface area contributed by atoms with Crippen LogP contribution in [0.15, 0.2) is 24.3 Å². The normalized spacial score (nSPS) is 25.5. The van der Waals surface area contributed by atoms with Crippen molar-refractivity contribution in [3.63, 3.8) is 0 Å². The van der Waals surface area contributed by atoms with Crippen molar-refractivity contribution in [2.45, 2.75) is 39.3 Å². The summed E-state index contributed by atoms with van der Waals surface area (Å²) in [5, 5.41) is 3.09. The second-order valence-corrected chi connectivity index (χ2v) is 7.03. The Morgan fingerprint density at radius 2 is 2.09 bits per heavy atom. The summed E-state index contributed by atoms with van der Waals surface area (Å²) >= 11 is 0. The van der Waals surface area contributed by atoms with E-state index in [0.29, 0.717) is 18.8 Å². The summed E-state index contributed by atoms with van der Waals surface area (Å²) in [7, 11) is 0. The molecule has 1 aromatic rings. The van der Waals surface area contributed by atoms with Crippen molar-refractivity contribution in [3.05, 3.63) is 24.3 Å². The number of nitrogens with one attached hydrogen (secondary N) is 1. The molecule has 1 heterocycles. The maximum atomic E-state index is 12.5. The van der Waals surface area contributed by atoms with E-state index in [9.17, 15) is 13.6 Å². The molecule has 2 fully saturated rings. The Labute approximate surface area is 134 Å². The third-order valence-corrected chi connectivity index (χ3v) is 4.79. The molecule has 23 heavy (non-hydrogen) atoms. The van der Waals surface area contributed by atoms with Crippen LogP contribution in [0.3, 0.4) is 0 Å². The molecule has 0 radical (unpaired) electrons. The first kappa shape index (κ1) is 16.0. The summed E-state index contributed by atoms with van der Waals surface area (Å²) in [6, 6.07) is 6.84. The first-order valence-electron chi connectivity index (χ1n) is 7.96. The summed E-state index contributed by atoms with van der Waals surface area (Å²) in [6.07, 6.45) is 1.74. The fourth-order valence-corrected chi connectivity index (χ4v) is 3.23. The molecule has 1 aliphatic carbocycles. The van der Waals surface area contributed by atoms with Crippen molar-refractivity contribution in [1.82, 2.24) is 5.32 Å². The summed E-state index contributed by atoms with van der Waals surface area (Å²) in [5.41, 5.74) is 0.761.